The molecule has 138 valence electrons. The van der Waals surface area contributed by atoms with Gasteiger partial charge in [-0.1, -0.05) is 36.4 Å². The summed E-state index contributed by atoms with van der Waals surface area (Å²) in [5.74, 6) is -1.21. The van der Waals surface area contributed by atoms with Gasteiger partial charge in [0.15, 0.2) is 18.2 Å². The van der Waals surface area contributed by atoms with Crippen molar-refractivity contribution in [2.24, 2.45) is 0 Å². The lowest BCUT2D eigenvalue weighted by Crippen LogP contribution is -2.48. The Balaban J connectivity index is 2.17. The molecule has 0 fully saturated rings. The van der Waals surface area contributed by atoms with Crippen molar-refractivity contribution in [3.8, 4) is 5.75 Å². The summed E-state index contributed by atoms with van der Waals surface area (Å²) in [6.45, 7) is 3.51. The lowest BCUT2D eigenvalue weighted by molar-refractivity contribution is -0.142. The van der Waals surface area contributed by atoms with Crippen molar-refractivity contribution in [2.45, 2.75) is 26.4 Å². The number of carbonyl (C=O) groups is 2. The first-order valence-corrected chi connectivity index (χ1v) is 8.37. The molecule has 0 aliphatic heterocycles. The van der Waals surface area contributed by atoms with Crippen molar-refractivity contribution < 1.29 is 18.7 Å². The normalized spacial score (nSPS) is 11.5. The van der Waals surface area contributed by atoms with Crippen LogP contribution in [0.5, 0.6) is 5.75 Å². The zero-order valence-corrected chi connectivity index (χ0v) is 15.2. The van der Waals surface area contributed by atoms with Crippen LogP contribution in [0.3, 0.4) is 0 Å². The molecule has 0 aromatic heterocycles. The van der Waals surface area contributed by atoms with Crippen molar-refractivity contribution >= 4 is 11.8 Å². The standard InChI is InChI=1S/C20H23FN2O3/c1-14-8-4-5-9-16(14)12-23(15(2)20(25)22-3)19(24)13-26-18-11-7-6-10-17(18)21/h4-11,15H,12-13H2,1-3H3,(H,22,25)/t15-/m0/s1. The van der Waals surface area contributed by atoms with E-state index in [1.54, 1.807) is 19.1 Å². The number of rotatable bonds is 7. The van der Waals surface area contributed by atoms with Crippen LogP contribution < -0.4 is 10.1 Å². The summed E-state index contributed by atoms with van der Waals surface area (Å²) >= 11 is 0. The molecule has 5 nitrogen and oxygen atoms in total. The van der Waals surface area contributed by atoms with Crippen LogP contribution in [0.1, 0.15) is 18.1 Å². The van der Waals surface area contributed by atoms with Gasteiger partial charge in [0.05, 0.1) is 0 Å². The molecule has 0 radical (unpaired) electrons. The van der Waals surface area contributed by atoms with Crippen molar-refractivity contribution in [1.82, 2.24) is 10.2 Å². The van der Waals surface area contributed by atoms with E-state index >= 15 is 0 Å². The van der Waals surface area contributed by atoms with Crippen LogP contribution >= 0.6 is 0 Å². The Labute approximate surface area is 152 Å². The fourth-order valence-electron chi connectivity index (χ4n) is 2.55. The van der Waals surface area contributed by atoms with E-state index in [0.29, 0.717) is 0 Å². The summed E-state index contributed by atoms with van der Waals surface area (Å²) < 4.78 is 19.0. The SMILES string of the molecule is CNC(=O)[C@H](C)N(Cc1ccccc1C)C(=O)COc1ccccc1F. The fraction of sp³-hybridized carbons (Fsp3) is 0.300. The first-order chi connectivity index (χ1) is 12.4. The highest BCUT2D eigenvalue weighted by atomic mass is 19.1. The summed E-state index contributed by atoms with van der Waals surface area (Å²) in [7, 11) is 1.52. The van der Waals surface area contributed by atoms with E-state index in [4.69, 9.17) is 4.74 Å². The van der Waals surface area contributed by atoms with Crippen LogP contribution in [-0.4, -0.2) is 36.4 Å². The van der Waals surface area contributed by atoms with E-state index in [2.05, 4.69) is 5.32 Å². The zero-order chi connectivity index (χ0) is 19.1. The molecule has 0 heterocycles. The van der Waals surface area contributed by atoms with E-state index in [0.717, 1.165) is 11.1 Å². The Bertz CT molecular complexity index is 779. The Morgan fingerprint density at radius 2 is 1.81 bits per heavy atom. The van der Waals surface area contributed by atoms with Gasteiger partial charge in [-0.15, -0.1) is 0 Å². The minimum Gasteiger partial charge on any atom is -0.481 e. The van der Waals surface area contributed by atoms with Gasteiger partial charge in [-0.2, -0.15) is 0 Å². The predicted molar refractivity (Wildman–Crippen MR) is 97.2 cm³/mol. The molecule has 2 amide bonds. The van der Waals surface area contributed by atoms with E-state index in [9.17, 15) is 14.0 Å². The van der Waals surface area contributed by atoms with Gasteiger partial charge in [-0.05, 0) is 37.1 Å². The quantitative estimate of drug-likeness (QED) is 0.828. The van der Waals surface area contributed by atoms with Crippen LogP contribution in [-0.2, 0) is 16.1 Å². The lowest BCUT2D eigenvalue weighted by atomic mass is 10.1. The van der Waals surface area contributed by atoms with Crippen molar-refractivity contribution in [2.75, 3.05) is 13.7 Å². The monoisotopic (exact) mass is 358 g/mol. The van der Waals surface area contributed by atoms with Gasteiger partial charge in [-0.3, -0.25) is 9.59 Å². The van der Waals surface area contributed by atoms with Crippen molar-refractivity contribution in [3.63, 3.8) is 0 Å². The third-order valence-corrected chi connectivity index (χ3v) is 4.20. The van der Waals surface area contributed by atoms with Crippen LogP contribution in [0.15, 0.2) is 48.5 Å². The van der Waals surface area contributed by atoms with Gasteiger partial charge in [0.1, 0.15) is 6.04 Å². The maximum Gasteiger partial charge on any atom is 0.261 e. The summed E-state index contributed by atoms with van der Waals surface area (Å²) in [4.78, 5) is 26.2. The molecule has 2 rings (SSSR count). The number of benzene rings is 2. The lowest BCUT2D eigenvalue weighted by Gasteiger charge is -2.28. The first kappa shape index (κ1) is 19.4. The summed E-state index contributed by atoms with van der Waals surface area (Å²) in [5.41, 5.74) is 1.95. The second-order valence-corrected chi connectivity index (χ2v) is 5.96. The number of amides is 2. The minimum atomic E-state index is -0.684. The number of carbonyl (C=O) groups excluding carboxylic acids is 2. The Kier molecular flexibility index (Phi) is 6.72. The van der Waals surface area contributed by atoms with E-state index < -0.39 is 17.8 Å². The second-order valence-electron chi connectivity index (χ2n) is 5.96. The fourth-order valence-corrected chi connectivity index (χ4v) is 2.55. The molecular weight excluding hydrogens is 335 g/mol. The van der Waals surface area contributed by atoms with Gasteiger partial charge in [0.25, 0.3) is 5.91 Å². The van der Waals surface area contributed by atoms with Gasteiger partial charge < -0.3 is 15.0 Å². The summed E-state index contributed by atoms with van der Waals surface area (Å²) in [6.07, 6.45) is 0. The number of nitrogens with zero attached hydrogens (tertiary/aromatic N) is 1. The maximum absolute atomic E-state index is 13.7. The molecule has 6 heteroatoms. The van der Waals surface area contributed by atoms with Gasteiger partial charge in [-0.25, -0.2) is 4.39 Å². The van der Waals surface area contributed by atoms with Crippen LogP contribution in [0.4, 0.5) is 4.39 Å². The summed E-state index contributed by atoms with van der Waals surface area (Å²) in [5, 5.41) is 2.55. The predicted octanol–water partition coefficient (Wildman–Crippen LogP) is 2.68. The Hall–Kier alpha value is -2.89. The highest BCUT2D eigenvalue weighted by Crippen LogP contribution is 2.17. The van der Waals surface area contributed by atoms with Crippen molar-refractivity contribution in [1.29, 1.82) is 0 Å². The molecule has 0 unspecified atom stereocenters. The second kappa shape index (κ2) is 8.99. The van der Waals surface area contributed by atoms with Crippen LogP contribution in [0, 0.1) is 12.7 Å². The molecule has 1 atom stereocenters. The molecule has 0 saturated heterocycles. The highest BCUT2D eigenvalue weighted by molar-refractivity contribution is 5.87. The summed E-state index contributed by atoms with van der Waals surface area (Å²) in [6, 6.07) is 12.8. The zero-order valence-electron chi connectivity index (χ0n) is 15.2. The third kappa shape index (κ3) is 4.81. The van der Waals surface area contributed by atoms with Crippen molar-refractivity contribution in [3.05, 3.63) is 65.5 Å². The molecule has 1 N–H and O–H groups in total. The molecule has 2 aromatic carbocycles. The molecule has 0 bridgehead atoms. The maximum atomic E-state index is 13.7. The number of hydrogen-bond donors (Lipinski definition) is 1. The largest absolute Gasteiger partial charge is 0.481 e. The molecule has 26 heavy (non-hydrogen) atoms. The number of ether oxygens (including phenoxy) is 1. The van der Waals surface area contributed by atoms with Gasteiger partial charge in [0.2, 0.25) is 5.91 Å². The van der Waals surface area contributed by atoms with Crippen LogP contribution in [0.2, 0.25) is 0 Å². The molecule has 0 spiro atoms. The van der Waals surface area contributed by atoms with Crippen LogP contribution in [0.25, 0.3) is 0 Å². The first-order valence-electron chi connectivity index (χ1n) is 8.37. The average molecular weight is 358 g/mol. The Morgan fingerprint density at radius 1 is 1.15 bits per heavy atom. The molecule has 0 saturated carbocycles. The minimum absolute atomic E-state index is 0.00397. The molecule has 0 aliphatic rings. The van der Waals surface area contributed by atoms with E-state index in [1.807, 2.05) is 31.2 Å². The Morgan fingerprint density at radius 3 is 2.46 bits per heavy atom. The average Bonchev–Trinajstić information content (AvgIpc) is 2.65. The number of aryl methyl sites for hydroxylation is 1. The molecular formula is C20H23FN2O3. The van der Waals surface area contributed by atoms with Gasteiger partial charge in [0, 0.05) is 13.6 Å². The van der Waals surface area contributed by atoms with Gasteiger partial charge >= 0.3 is 0 Å². The number of halogens is 1. The number of nitrogens with one attached hydrogen (secondary N) is 1. The van der Waals surface area contributed by atoms with E-state index in [-0.39, 0.29) is 24.8 Å². The number of para-hydroxylation sites is 1. The topological polar surface area (TPSA) is 58.6 Å². The number of likely N-dealkylation sites (N-methyl/N-ethyl adjacent to an activating group) is 1. The van der Waals surface area contributed by atoms with E-state index in [1.165, 1.54) is 24.1 Å². The molecule has 0 aliphatic carbocycles. The smallest absolute Gasteiger partial charge is 0.261 e. The molecule has 2 aromatic rings. The number of hydrogen-bond acceptors (Lipinski definition) is 3. The third-order valence-electron chi connectivity index (χ3n) is 4.20. The highest BCUT2D eigenvalue weighted by Gasteiger charge is 2.26.